The number of rotatable bonds is 2. The topological polar surface area (TPSA) is 32.3 Å². The lowest BCUT2D eigenvalue weighted by atomic mass is 9.96. The lowest BCUT2D eigenvalue weighted by Gasteiger charge is -2.35. The van der Waals surface area contributed by atoms with Crippen LogP contribution in [0, 0.1) is 0 Å². The van der Waals surface area contributed by atoms with Crippen molar-refractivity contribution in [2.75, 3.05) is 32.1 Å². The van der Waals surface area contributed by atoms with Gasteiger partial charge in [0.05, 0.1) is 5.69 Å². The minimum absolute atomic E-state index is 0.724. The van der Waals surface area contributed by atoms with Crippen LogP contribution in [-0.2, 0) is 12.8 Å². The van der Waals surface area contributed by atoms with E-state index in [4.69, 9.17) is 0 Å². The maximum atomic E-state index is 4.45. The van der Waals surface area contributed by atoms with Crippen molar-refractivity contribution in [3.05, 3.63) is 17.3 Å². The fourth-order valence-corrected chi connectivity index (χ4v) is 3.24. The molecule has 0 atom stereocenters. The fraction of sp³-hybridized carbons (Fsp3) is 0.733. The van der Waals surface area contributed by atoms with Gasteiger partial charge in [0.25, 0.3) is 0 Å². The van der Waals surface area contributed by atoms with Gasteiger partial charge in [0.1, 0.15) is 0 Å². The number of hydrogen-bond acceptors (Lipinski definition) is 4. The summed E-state index contributed by atoms with van der Waals surface area (Å²) in [5.41, 5.74) is 2.67. The molecule has 0 aromatic carbocycles. The van der Waals surface area contributed by atoms with Gasteiger partial charge in [-0.3, -0.25) is 0 Å². The van der Waals surface area contributed by atoms with Crippen LogP contribution in [0.3, 0.4) is 0 Å². The molecule has 104 valence electrons. The van der Waals surface area contributed by atoms with Gasteiger partial charge in [-0.15, -0.1) is 5.10 Å². The second-order valence-corrected chi connectivity index (χ2v) is 6.06. The Morgan fingerprint density at radius 1 is 1.11 bits per heavy atom. The summed E-state index contributed by atoms with van der Waals surface area (Å²) in [6.07, 6.45) is 7.34. The molecule has 3 rings (SSSR count). The summed E-state index contributed by atoms with van der Waals surface area (Å²) in [5.74, 6) is 1.10. The molecule has 4 heteroatoms. The van der Waals surface area contributed by atoms with E-state index in [2.05, 4.69) is 40.2 Å². The molecule has 0 bridgehead atoms. The molecule has 2 heterocycles. The third-order valence-corrected chi connectivity index (χ3v) is 4.58. The van der Waals surface area contributed by atoms with Gasteiger partial charge < -0.3 is 9.80 Å². The Morgan fingerprint density at radius 3 is 2.58 bits per heavy atom. The average molecular weight is 260 g/mol. The van der Waals surface area contributed by atoms with Crippen molar-refractivity contribution in [3.8, 4) is 0 Å². The lowest BCUT2D eigenvalue weighted by molar-refractivity contribution is 0.249. The van der Waals surface area contributed by atoms with Crippen LogP contribution < -0.4 is 4.90 Å². The van der Waals surface area contributed by atoms with E-state index in [9.17, 15) is 0 Å². The molecule has 4 nitrogen and oxygen atoms in total. The fourth-order valence-electron chi connectivity index (χ4n) is 3.24. The lowest BCUT2D eigenvalue weighted by Crippen LogP contribution is -2.42. The summed E-state index contributed by atoms with van der Waals surface area (Å²) in [7, 11) is 4.36. The molecule has 0 saturated carbocycles. The molecule has 0 unspecified atom stereocenters. The zero-order chi connectivity index (χ0) is 13.2. The van der Waals surface area contributed by atoms with E-state index >= 15 is 0 Å². The maximum Gasteiger partial charge on any atom is 0.151 e. The molecule has 19 heavy (non-hydrogen) atoms. The number of fused-ring (bicyclic) bond motifs is 1. The Hall–Kier alpha value is -1.16. The highest BCUT2D eigenvalue weighted by Crippen LogP contribution is 2.24. The second-order valence-electron chi connectivity index (χ2n) is 6.06. The summed E-state index contributed by atoms with van der Waals surface area (Å²) in [6, 6.07) is 3.01. The zero-order valence-electron chi connectivity index (χ0n) is 12.1. The van der Waals surface area contributed by atoms with Gasteiger partial charge in [0, 0.05) is 19.1 Å². The molecule has 0 N–H and O–H groups in total. The Kier molecular flexibility index (Phi) is 3.69. The minimum atomic E-state index is 0.724. The van der Waals surface area contributed by atoms with Gasteiger partial charge >= 0.3 is 0 Å². The predicted octanol–water partition coefficient (Wildman–Crippen LogP) is 1.89. The van der Waals surface area contributed by atoms with Crippen LogP contribution in [0.25, 0.3) is 0 Å². The molecule has 1 fully saturated rings. The molecule has 1 aliphatic carbocycles. The van der Waals surface area contributed by atoms with Gasteiger partial charge in [-0.2, -0.15) is 5.10 Å². The number of aromatic nitrogens is 2. The standard InChI is InChI=1S/C15H24N4/c1-18(2)13-7-9-19(10-8-13)15-11-12-5-3-4-6-14(12)16-17-15/h11,13H,3-10H2,1-2H3. The van der Waals surface area contributed by atoms with Crippen LogP contribution in [0.5, 0.6) is 0 Å². The quantitative estimate of drug-likeness (QED) is 0.813. The van der Waals surface area contributed by atoms with E-state index in [1.165, 1.54) is 43.4 Å². The Labute approximate surface area is 115 Å². The summed E-state index contributed by atoms with van der Waals surface area (Å²) in [6.45, 7) is 2.21. The highest BCUT2D eigenvalue weighted by molar-refractivity contribution is 5.42. The van der Waals surface area contributed by atoms with E-state index in [0.29, 0.717) is 0 Å². The normalized spacial score (nSPS) is 20.7. The molecule has 1 saturated heterocycles. The number of piperidine rings is 1. The van der Waals surface area contributed by atoms with E-state index in [-0.39, 0.29) is 0 Å². The van der Waals surface area contributed by atoms with E-state index < -0.39 is 0 Å². The van der Waals surface area contributed by atoms with Gasteiger partial charge in [0.15, 0.2) is 5.82 Å². The van der Waals surface area contributed by atoms with Crippen LogP contribution >= 0.6 is 0 Å². The highest BCUT2D eigenvalue weighted by Gasteiger charge is 2.22. The van der Waals surface area contributed by atoms with Crippen molar-refractivity contribution in [2.45, 2.75) is 44.6 Å². The minimum Gasteiger partial charge on any atom is -0.355 e. The number of anilines is 1. The van der Waals surface area contributed by atoms with Crippen molar-refractivity contribution in [2.24, 2.45) is 0 Å². The van der Waals surface area contributed by atoms with Crippen molar-refractivity contribution >= 4 is 5.82 Å². The molecule has 0 amide bonds. The van der Waals surface area contributed by atoms with Crippen molar-refractivity contribution in [1.82, 2.24) is 15.1 Å². The predicted molar refractivity (Wildman–Crippen MR) is 77.6 cm³/mol. The largest absolute Gasteiger partial charge is 0.355 e. The monoisotopic (exact) mass is 260 g/mol. The number of nitrogens with zero attached hydrogens (tertiary/aromatic N) is 4. The van der Waals surface area contributed by atoms with E-state index in [1.807, 2.05) is 0 Å². The summed E-state index contributed by atoms with van der Waals surface area (Å²) < 4.78 is 0. The molecule has 2 aliphatic rings. The molecular formula is C15H24N4. The molecule has 0 spiro atoms. The van der Waals surface area contributed by atoms with Crippen LogP contribution in [0.4, 0.5) is 5.82 Å². The molecule has 1 aliphatic heterocycles. The van der Waals surface area contributed by atoms with Gasteiger partial charge in [0.2, 0.25) is 0 Å². The highest BCUT2D eigenvalue weighted by atomic mass is 15.3. The first-order valence-corrected chi connectivity index (χ1v) is 7.51. The third-order valence-electron chi connectivity index (χ3n) is 4.58. The SMILES string of the molecule is CN(C)C1CCN(c2cc3c(nn2)CCCC3)CC1. The molecule has 1 aromatic heterocycles. The first-order chi connectivity index (χ1) is 9.24. The summed E-state index contributed by atoms with van der Waals surface area (Å²) in [4.78, 5) is 4.75. The van der Waals surface area contributed by atoms with E-state index in [0.717, 1.165) is 31.4 Å². The Bertz CT molecular complexity index is 436. The molecule has 0 radical (unpaired) electrons. The second kappa shape index (κ2) is 5.45. The van der Waals surface area contributed by atoms with Crippen molar-refractivity contribution in [3.63, 3.8) is 0 Å². The summed E-state index contributed by atoms with van der Waals surface area (Å²) in [5, 5.41) is 8.89. The zero-order valence-corrected chi connectivity index (χ0v) is 12.1. The molecule has 1 aromatic rings. The van der Waals surface area contributed by atoms with Gasteiger partial charge in [-0.25, -0.2) is 0 Å². The number of aryl methyl sites for hydroxylation is 2. The molecular weight excluding hydrogens is 236 g/mol. The third kappa shape index (κ3) is 2.73. The van der Waals surface area contributed by atoms with Crippen LogP contribution in [0.1, 0.15) is 36.9 Å². The van der Waals surface area contributed by atoms with E-state index in [1.54, 1.807) is 0 Å². The van der Waals surface area contributed by atoms with Gasteiger partial charge in [-0.1, -0.05) is 0 Å². The Morgan fingerprint density at radius 2 is 1.84 bits per heavy atom. The van der Waals surface area contributed by atoms with Crippen molar-refractivity contribution < 1.29 is 0 Å². The van der Waals surface area contributed by atoms with Crippen LogP contribution in [0.15, 0.2) is 6.07 Å². The van der Waals surface area contributed by atoms with Crippen molar-refractivity contribution in [1.29, 1.82) is 0 Å². The first kappa shape index (κ1) is 12.9. The van der Waals surface area contributed by atoms with Crippen LogP contribution in [-0.4, -0.2) is 48.3 Å². The smallest absolute Gasteiger partial charge is 0.151 e. The van der Waals surface area contributed by atoms with Crippen LogP contribution in [0.2, 0.25) is 0 Å². The number of hydrogen-bond donors (Lipinski definition) is 0. The summed E-state index contributed by atoms with van der Waals surface area (Å²) >= 11 is 0. The average Bonchev–Trinajstić information content (AvgIpc) is 2.47. The first-order valence-electron chi connectivity index (χ1n) is 7.51. The van der Waals surface area contributed by atoms with Gasteiger partial charge in [-0.05, 0) is 64.3 Å². The Balaban J connectivity index is 1.70. The maximum absolute atomic E-state index is 4.45.